The zero-order valence-electron chi connectivity index (χ0n) is 17.0. The van der Waals surface area contributed by atoms with Crippen LogP contribution in [-0.4, -0.2) is 31.5 Å². The number of hydrogen-bond acceptors (Lipinski definition) is 4. The number of carbonyl (C=O) groups is 1. The molecule has 1 aliphatic rings. The van der Waals surface area contributed by atoms with Gasteiger partial charge in [0.25, 0.3) is 5.91 Å². The second-order valence-electron chi connectivity index (χ2n) is 8.10. The third kappa shape index (κ3) is 5.01. The lowest BCUT2D eigenvalue weighted by Gasteiger charge is -2.45. The standard InChI is InChI=1S/C21H20ClF4NO4S/c1-20(2,32(29,30)16-5-3-4-15(11-16)31-21(24,25)26)13-9-14(10-13)27-19(28)12-6-7-18(23)17(22)8-12/h3-8,11,13-14H,9-10H2,1-2H3,(H,27,28). The van der Waals surface area contributed by atoms with Gasteiger partial charge in [-0.3, -0.25) is 4.79 Å². The van der Waals surface area contributed by atoms with Gasteiger partial charge in [0, 0.05) is 11.6 Å². The lowest BCUT2D eigenvalue weighted by atomic mass is 9.73. The summed E-state index contributed by atoms with van der Waals surface area (Å²) in [5.41, 5.74) is 0.174. The maximum atomic E-state index is 13.3. The summed E-state index contributed by atoms with van der Waals surface area (Å²) in [6, 6.07) is 7.54. The minimum atomic E-state index is -4.94. The number of ether oxygens (including phenoxy) is 1. The van der Waals surface area contributed by atoms with E-state index in [1.165, 1.54) is 38.1 Å². The van der Waals surface area contributed by atoms with E-state index < -0.39 is 38.4 Å². The Balaban J connectivity index is 1.68. The monoisotopic (exact) mass is 493 g/mol. The molecule has 0 spiro atoms. The van der Waals surface area contributed by atoms with E-state index in [1.807, 2.05) is 0 Å². The van der Waals surface area contributed by atoms with Gasteiger partial charge in [-0.2, -0.15) is 0 Å². The van der Waals surface area contributed by atoms with E-state index in [-0.39, 0.29) is 27.4 Å². The number of amides is 1. The molecule has 1 aliphatic carbocycles. The first-order valence-electron chi connectivity index (χ1n) is 9.57. The molecule has 2 aromatic carbocycles. The van der Waals surface area contributed by atoms with Gasteiger partial charge >= 0.3 is 6.36 Å². The molecular formula is C21H20ClF4NO4S. The van der Waals surface area contributed by atoms with Gasteiger partial charge in [0.15, 0.2) is 9.84 Å². The second-order valence-corrected chi connectivity index (χ2v) is 11.0. The Bertz CT molecular complexity index is 1130. The largest absolute Gasteiger partial charge is 0.573 e. The van der Waals surface area contributed by atoms with Gasteiger partial charge in [-0.1, -0.05) is 17.7 Å². The molecule has 32 heavy (non-hydrogen) atoms. The Hall–Kier alpha value is -2.33. The summed E-state index contributed by atoms with van der Waals surface area (Å²) in [6.45, 7) is 3.00. The van der Waals surface area contributed by atoms with Crippen LogP contribution in [0.2, 0.25) is 5.02 Å². The predicted molar refractivity (Wildman–Crippen MR) is 110 cm³/mol. The maximum absolute atomic E-state index is 13.3. The van der Waals surface area contributed by atoms with Crippen molar-refractivity contribution in [2.24, 2.45) is 5.92 Å². The number of hydrogen-bond donors (Lipinski definition) is 1. The molecule has 0 heterocycles. The highest BCUT2D eigenvalue weighted by Crippen LogP contribution is 2.44. The van der Waals surface area contributed by atoms with Crippen LogP contribution in [0.1, 0.15) is 37.0 Å². The number of rotatable bonds is 6. The number of carbonyl (C=O) groups excluding carboxylic acids is 1. The molecule has 0 atom stereocenters. The SMILES string of the molecule is CC(C)(C1CC(NC(=O)c2ccc(F)c(Cl)c2)C1)S(=O)(=O)c1cccc(OC(F)(F)F)c1. The summed E-state index contributed by atoms with van der Waals surface area (Å²) < 4.78 is 79.5. The van der Waals surface area contributed by atoms with Crippen LogP contribution in [0.5, 0.6) is 5.75 Å². The molecule has 2 aromatic rings. The summed E-state index contributed by atoms with van der Waals surface area (Å²) in [5, 5.41) is 2.56. The van der Waals surface area contributed by atoms with Crippen molar-refractivity contribution in [3.05, 3.63) is 58.9 Å². The van der Waals surface area contributed by atoms with E-state index in [4.69, 9.17) is 11.6 Å². The van der Waals surface area contributed by atoms with Crippen LogP contribution in [0.15, 0.2) is 47.4 Å². The average Bonchev–Trinajstić information content (AvgIpc) is 2.64. The third-order valence-corrected chi connectivity index (χ3v) is 8.56. The van der Waals surface area contributed by atoms with E-state index >= 15 is 0 Å². The average molecular weight is 494 g/mol. The van der Waals surface area contributed by atoms with Crippen LogP contribution < -0.4 is 10.1 Å². The van der Waals surface area contributed by atoms with Gasteiger partial charge in [0.1, 0.15) is 11.6 Å². The van der Waals surface area contributed by atoms with Crippen LogP contribution in [-0.2, 0) is 9.84 Å². The van der Waals surface area contributed by atoms with Crippen molar-refractivity contribution < 1.29 is 35.5 Å². The van der Waals surface area contributed by atoms with E-state index in [9.17, 15) is 30.8 Å². The second kappa shape index (κ2) is 8.55. The molecule has 0 aromatic heterocycles. The van der Waals surface area contributed by atoms with E-state index in [1.54, 1.807) is 0 Å². The molecule has 0 saturated heterocycles. The van der Waals surface area contributed by atoms with E-state index in [0.717, 1.165) is 18.2 Å². The fourth-order valence-electron chi connectivity index (χ4n) is 3.57. The highest BCUT2D eigenvalue weighted by molar-refractivity contribution is 7.92. The van der Waals surface area contributed by atoms with Gasteiger partial charge in [-0.15, -0.1) is 13.2 Å². The van der Waals surface area contributed by atoms with Crippen molar-refractivity contribution in [3.63, 3.8) is 0 Å². The fraction of sp³-hybridized carbons (Fsp3) is 0.381. The topological polar surface area (TPSA) is 72.5 Å². The van der Waals surface area contributed by atoms with E-state index in [0.29, 0.717) is 12.8 Å². The van der Waals surface area contributed by atoms with Gasteiger partial charge in [-0.25, -0.2) is 12.8 Å². The lowest BCUT2D eigenvalue weighted by molar-refractivity contribution is -0.274. The molecule has 1 amide bonds. The zero-order chi connectivity index (χ0) is 23.9. The van der Waals surface area contributed by atoms with E-state index in [2.05, 4.69) is 10.1 Å². The van der Waals surface area contributed by atoms with Crippen molar-refractivity contribution in [1.29, 1.82) is 0 Å². The minimum Gasteiger partial charge on any atom is -0.406 e. The van der Waals surface area contributed by atoms with Crippen molar-refractivity contribution >= 4 is 27.3 Å². The molecule has 3 rings (SSSR count). The molecular weight excluding hydrogens is 474 g/mol. The Kier molecular flexibility index (Phi) is 6.50. The molecule has 0 bridgehead atoms. The number of benzene rings is 2. The van der Waals surface area contributed by atoms with Crippen LogP contribution in [0.4, 0.5) is 17.6 Å². The quantitative estimate of drug-likeness (QED) is 0.566. The molecule has 0 unspecified atom stereocenters. The first-order valence-corrected chi connectivity index (χ1v) is 11.4. The fourth-order valence-corrected chi connectivity index (χ4v) is 5.52. The van der Waals surface area contributed by atoms with Crippen molar-refractivity contribution in [2.45, 2.75) is 48.7 Å². The van der Waals surface area contributed by atoms with Crippen molar-refractivity contribution in [3.8, 4) is 5.75 Å². The summed E-state index contributed by atoms with van der Waals surface area (Å²) in [7, 11) is -4.01. The molecule has 11 heteroatoms. The first-order chi connectivity index (χ1) is 14.7. The molecule has 1 saturated carbocycles. The molecule has 174 valence electrons. The molecule has 0 aliphatic heterocycles. The van der Waals surface area contributed by atoms with Gasteiger partial charge in [0.05, 0.1) is 14.7 Å². The Morgan fingerprint density at radius 2 is 1.78 bits per heavy atom. The van der Waals surface area contributed by atoms with Gasteiger partial charge in [-0.05, 0) is 69.0 Å². The Morgan fingerprint density at radius 1 is 1.12 bits per heavy atom. The van der Waals surface area contributed by atoms with Crippen molar-refractivity contribution in [2.75, 3.05) is 0 Å². The molecule has 5 nitrogen and oxygen atoms in total. The predicted octanol–water partition coefficient (Wildman–Crippen LogP) is 5.14. The number of halogens is 5. The normalized spacial score (nSPS) is 19.2. The number of sulfone groups is 1. The summed E-state index contributed by atoms with van der Waals surface area (Å²) >= 11 is 5.69. The Morgan fingerprint density at radius 3 is 2.38 bits per heavy atom. The maximum Gasteiger partial charge on any atom is 0.573 e. The highest BCUT2D eigenvalue weighted by atomic mass is 35.5. The Labute approximate surface area is 187 Å². The minimum absolute atomic E-state index is 0.174. The smallest absolute Gasteiger partial charge is 0.406 e. The van der Waals surface area contributed by atoms with Crippen LogP contribution in [0.3, 0.4) is 0 Å². The molecule has 1 fully saturated rings. The van der Waals surface area contributed by atoms with Crippen LogP contribution in [0.25, 0.3) is 0 Å². The van der Waals surface area contributed by atoms with Crippen LogP contribution >= 0.6 is 11.6 Å². The first kappa shape index (κ1) is 24.3. The lowest BCUT2D eigenvalue weighted by Crippen LogP contribution is -2.53. The van der Waals surface area contributed by atoms with Gasteiger partial charge in [0.2, 0.25) is 0 Å². The number of alkyl halides is 3. The van der Waals surface area contributed by atoms with Crippen LogP contribution in [0, 0.1) is 11.7 Å². The summed E-state index contributed by atoms with van der Waals surface area (Å²) in [5.74, 6) is -2.08. The highest BCUT2D eigenvalue weighted by Gasteiger charge is 2.49. The zero-order valence-corrected chi connectivity index (χ0v) is 18.6. The summed E-state index contributed by atoms with van der Waals surface area (Å²) in [4.78, 5) is 12.0. The summed E-state index contributed by atoms with van der Waals surface area (Å²) in [6.07, 6.45) is -4.23. The number of nitrogens with one attached hydrogen (secondary N) is 1. The van der Waals surface area contributed by atoms with Gasteiger partial charge < -0.3 is 10.1 Å². The van der Waals surface area contributed by atoms with Crippen molar-refractivity contribution in [1.82, 2.24) is 5.32 Å². The molecule has 1 N–H and O–H groups in total. The third-order valence-electron chi connectivity index (χ3n) is 5.68. The molecule has 0 radical (unpaired) electrons.